The van der Waals surface area contributed by atoms with Gasteiger partial charge in [0.25, 0.3) is 0 Å². The maximum Gasteiger partial charge on any atom is 0.441 e. The van der Waals surface area contributed by atoms with Gasteiger partial charge in [-0.15, -0.1) is 0 Å². The zero-order valence-electron chi connectivity index (χ0n) is 11.2. The molecule has 0 aromatic carbocycles. The van der Waals surface area contributed by atoms with E-state index in [1.165, 1.54) is 11.6 Å². The number of thioether (sulfide) groups is 1. The van der Waals surface area contributed by atoms with E-state index in [1.807, 2.05) is 0 Å². The van der Waals surface area contributed by atoms with E-state index in [-0.39, 0.29) is 47.3 Å². The average molecular weight is 312 g/mol. The Morgan fingerprint density at radius 1 is 1.50 bits per heavy atom. The first-order chi connectivity index (χ1) is 9.13. The third-order valence-corrected chi connectivity index (χ3v) is 3.12. The molecule has 0 aliphatic rings. The number of nitro groups is 1. The Morgan fingerprint density at radius 3 is 2.55 bits per heavy atom. The summed E-state index contributed by atoms with van der Waals surface area (Å²) in [5.41, 5.74) is -4.27. The molecule has 6 nitrogen and oxygen atoms in total. The van der Waals surface area contributed by atoms with Crippen LogP contribution in [0.5, 0.6) is 0 Å². The summed E-state index contributed by atoms with van der Waals surface area (Å²) in [6.07, 6.45) is 0. The third-order valence-electron chi connectivity index (χ3n) is 2.39. The van der Waals surface area contributed by atoms with E-state index in [4.69, 9.17) is 0 Å². The van der Waals surface area contributed by atoms with E-state index in [1.54, 1.807) is 13.8 Å². The number of hydrogen-bond donors (Lipinski definition) is 1. The van der Waals surface area contributed by atoms with E-state index in [0.29, 0.717) is 0 Å². The van der Waals surface area contributed by atoms with E-state index < -0.39 is 10.4 Å². The van der Waals surface area contributed by atoms with Crippen molar-refractivity contribution in [3.63, 3.8) is 0 Å². The van der Waals surface area contributed by atoms with E-state index in [2.05, 4.69) is 10.4 Å². The van der Waals surface area contributed by atoms with Crippen LogP contribution in [0.2, 0.25) is 0 Å². The van der Waals surface area contributed by atoms with Crippen LogP contribution in [-0.4, -0.2) is 32.5 Å². The minimum atomic E-state index is -4.30. The zero-order chi connectivity index (χ0) is 15.5. The van der Waals surface area contributed by atoms with Crippen LogP contribution in [0, 0.1) is 17.0 Å². The molecular weight excluding hydrogens is 297 g/mol. The Kier molecular flexibility index (Phi) is 5.26. The van der Waals surface area contributed by atoms with Gasteiger partial charge in [-0.05, 0) is 32.5 Å². The fraction of sp³-hybridized carbons (Fsp3) is 0.700. The topological polar surface area (TPSA) is 73.0 Å². The van der Waals surface area contributed by atoms with Crippen molar-refractivity contribution in [3.8, 4) is 0 Å². The second kappa shape index (κ2) is 6.33. The van der Waals surface area contributed by atoms with Crippen molar-refractivity contribution in [1.82, 2.24) is 9.78 Å². The number of nitrogens with zero attached hydrogens (tertiary/aromatic N) is 3. The highest BCUT2D eigenvalue weighted by Crippen LogP contribution is 2.32. The molecule has 0 fully saturated rings. The number of hydrogen-bond acceptors (Lipinski definition) is 5. The first kappa shape index (κ1) is 16.6. The molecule has 0 spiro atoms. The lowest BCUT2D eigenvalue weighted by atomic mass is 10.3. The molecule has 0 aliphatic heterocycles. The molecular formula is C10H15F3N4O2S. The van der Waals surface area contributed by atoms with Gasteiger partial charge in [0, 0.05) is 18.3 Å². The molecule has 0 bridgehead atoms. The summed E-state index contributed by atoms with van der Waals surface area (Å²) in [5, 5.41) is 17.7. The lowest BCUT2D eigenvalue weighted by Crippen LogP contribution is -2.14. The molecule has 0 saturated carbocycles. The van der Waals surface area contributed by atoms with Crippen LogP contribution in [0.4, 0.5) is 24.7 Å². The van der Waals surface area contributed by atoms with Crippen molar-refractivity contribution in [2.24, 2.45) is 0 Å². The summed E-state index contributed by atoms with van der Waals surface area (Å²) in [7, 11) is 0. The minimum absolute atomic E-state index is 0.0388. The zero-order valence-corrected chi connectivity index (χ0v) is 12.0. The highest BCUT2D eigenvalue weighted by atomic mass is 32.2. The van der Waals surface area contributed by atoms with Crippen LogP contribution in [-0.2, 0) is 0 Å². The minimum Gasteiger partial charge on any atom is -0.364 e. The van der Waals surface area contributed by atoms with E-state index in [0.717, 1.165) is 0 Å². The predicted octanol–water partition coefficient (Wildman–Crippen LogP) is 3.35. The van der Waals surface area contributed by atoms with Crippen molar-refractivity contribution >= 4 is 23.3 Å². The maximum atomic E-state index is 12.0. The van der Waals surface area contributed by atoms with Crippen molar-refractivity contribution in [2.45, 2.75) is 32.3 Å². The summed E-state index contributed by atoms with van der Waals surface area (Å²) in [4.78, 5) is 10.4. The second-order valence-corrected chi connectivity index (χ2v) is 5.46. The van der Waals surface area contributed by atoms with Gasteiger partial charge in [-0.3, -0.25) is 10.1 Å². The summed E-state index contributed by atoms with van der Waals surface area (Å²) < 4.78 is 37.4. The molecule has 1 N–H and O–H groups in total. The fourth-order valence-electron chi connectivity index (χ4n) is 1.63. The summed E-state index contributed by atoms with van der Waals surface area (Å²) in [6, 6.07) is -0.139. The van der Waals surface area contributed by atoms with Gasteiger partial charge in [0.05, 0.1) is 4.92 Å². The van der Waals surface area contributed by atoms with Crippen molar-refractivity contribution < 1.29 is 18.1 Å². The van der Waals surface area contributed by atoms with Gasteiger partial charge >= 0.3 is 11.2 Å². The smallest absolute Gasteiger partial charge is 0.364 e. The van der Waals surface area contributed by atoms with Gasteiger partial charge in [0.15, 0.2) is 0 Å². The highest BCUT2D eigenvalue weighted by molar-refractivity contribution is 8.00. The third kappa shape index (κ3) is 4.29. The molecule has 0 atom stereocenters. The number of halogens is 3. The van der Waals surface area contributed by atoms with Crippen LogP contribution < -0.4 is 5.32 Å². The van der Waals surface area contributed by atoms with Crippen LogP contribution in [0.1, 0.15) is 25.6 Å². The molecule has 1 aromatic heterocycles. The molecule has 0 amide bonds. The van der Waals surface area contributed by atoms with Gasteiger partial charge in [-0.2, -0.15) is 18.3 Å². The Balaban J connectivity index is 2.84. The highest BCUT2D eigenvalue weighted by Gasteiger charge is 2.29. The Bertz CT molecular complexity index is 488. The van der Waals surface area contributed by atoms with Crippen LogP contribution in [0.25, 0.3) is 0 Å². The maximum absolute atomic E-state index is 12.0. The lowest BCUT2D eigenvalue weighted by molar-refractivity contribution is -0.384. The molecule has 0 radical (unpaired) electrons. The van der Waals surface area contributed by atoms with Gasteiger partial charge in [0.1, 0.15) is 5.69 Å². The van der Waals surface area contributed by atoms with Crippen LogP contribution in [0.3, 0.4) is 0 Å². The SMILES string of the molecule is Cc1nn(C(C)C)c(NCCSC(F)(F)F)c1[N+](=O)[O-]. The second-order valence-electron chi connectivity index (χ2n) is 4.30. The lowest BCUT2D eigenvalue weighted by Gasteiger charge is -2.12. The van der Waals surface area contributed by atoms with Crippen molar-refractivity contribution in [2.75, 3.05) is 17.6 Å². The fourth-order valence-corrected chi connectivity index (χ4v) is 2.07. The van der Waals surface area contributed by atoms with Crippen LogP contribution in [0.15, 0.2) is 0 Å². The first-order valence-corrected chi connectivity index (χ1v) is 6.80. The number of nitrogens with one attached hydrogen (secondary N) is 1. The Hall–Kier alpha value is -1.45. The summed E-state index contributed by atoms with van der Waals surface area (Å²) >= 11 is -0.174. The van der Waals surface area contributed by atoms with Gasteiger partial charge in [-0.1, -0.05) is 0 Å². The molecule has 114 valence electrons. The molecule has 1 rings (SSSR count). The molecule has 20 heavy (non-hydrogen) atoms. The molecule has 1 aromatic rings. The van der Waals surface area contributed by atoms with Crippen molar-refractivity contribution in [3.05, 3.63) is 15.8 Å². The number of anilines is 1. The monoisotopic (exact) mass is 312 g/mol. The number of rotatable bonds is 6. The summed E-state index contributed by atoms with van der Waals surface area (Å²) in [6.45, 7) is 5.02. The molecule has 0 unspecified atom stereocenters. The van der Waals surface area contributed by atoms with Crippen LogP contribution >= 0.6 is 11.8 Å². The number of aryl methyl sites for hydroxylation is 1. The van der Waals surface area contributed by atoms with Gasteiger partial charge in [0.2, 0.25) is 5.82 Å². The molecule has 1 heterocycles. The molecule has 0 aliphatic carbocycles. The van der Waals surface area contributed by atoms with E-state index >= 15 is 0 Å². The number of alkyl halides is 3. The Morgan fingerprint density at radius 2 is 2.10 bits per heavy atom. The Labute approximate surface area is 117 Å². The van der Waals surface area contributed by atoms with Gasteiger partial charge in [-0.25, -0.2) is 4.68 Å². The molecule has 10 heteroatoms. The normalized spacial score (nSPS) is 11.9. The van der Waals surface area contributed by atoms with E-state index in [9.17, 15) is 23.3 Å². The first-order valence-electron chi connectivity index (χ1n) is 5.81. The van der Waals surface area contributed by atoms with Crippen molar-refractivity contribution in [1.29, 1.82) is 0 Å². The predicted molar refractivity (Wildman–Crippen MR) is 71.0 cm³/mol. The standard InChI is InChI=1S/C10H15F3N4O2S/c1-6(2)16-9(8(17(18)19)7(3)15-16)14-4-5-20-10(11,12)13/h6,14H,4-5H2,1-3H3. The molecule has 0 saturated heterocycles. The number of aromatic nitrogens is 2. The van der Waals surface area contributed by atoms with Gasteiger partial charge < -0.3 is 5.32 Å². The largest absolute Gasteiger partial charge is 0.441 e. The summed E-state index contributed by atoms with van der Waals surface area (Å²) in [5.74, 6) is -0.0894. The quantitative estimate of drug-likeness (QED) is 0.495. The average Bonchev–Trinajstić information content (AvgIpc) is 2.60.